The van der Waals surface area contributed by atoms with Gasteiger partial charge in [0, 0.05) is 0 Å². The fraction of sp³-hybridized carbons (Fsp3) is 0. The molecule has 0 fully saturated rings. The zero-order valence-corrected chi connectivity index (χ0v) is 6.13. The fourth-order valence-electron chi connectivity index (χ4n) is 0.0907. The van der Waals surface area contributed by atoms with Crippen molar-refractivity contribution in [3.8, 4) is 0 Å². The summed E-state index contributed by atoms with van der Waals surface area (Å²) >= 11 is 0. The van der Waals surface area contributed by atoms with E-state index >= 15 is 0 Å². The summed E-state index contributed by atoms with van der Waals surface area (Å²) in [7, 11) is 0. The maximum absolute atomic E-state index is 9.32. The second kappa shape index (κ2) is 9.43. The van der Waals surface area contributed by atoms with Crippen molar-refractivity contribution in [2.75, 3.05) is 0 Å². The standard InChI is InChI=1S/C4H4O2.Na.H/c5-3-1-2-4-6;;/h1-4H;;/q;+1;-1/b2-1-;;. The van der Waals surface area contributed by atoms with Crippen LogP contribution in [0, 0.1) is 0 Å². The van der Waals surface area contributed by atoms with Gasteiger partial charge in [-0.25, -0.2) is 0 Å². The second-order valence-electron chi connectivity index (χ2n) is 0.657. The number of carbonyl (C=O) groups is 2. The minimum Gasteiger partial charge on any atom is -1.00 e. The molecule has 0 heterocycles. The monoisotopic (exact) mass is 108 g/mol. The molecule has 0 aliphatic carbocycles. The fourth-order valence-corrected chi connectivity index (χ4v) is 0.0907. The molecule has 0 N–H and O–H groups in total. The van der Waals surface area contributed by atoms with E-state index in [1.807, 2.05) is 0 Å². The van der Waals surface area contributed by atoms with Crippen LogP contribution < -0.4 is 29.6 Å². The van der Waals surface area contributed by atoms with Crippen LogP contribution in [0.15, 0.2) is 12.2 Å². The zero-order chi connectivity index (χ0) is 4.83. The van der Waals surface area contributed by atoms with Gasteiger partial charge in [-0.15, -0.1) is 0 Å². The van der Waals surface area contributed by atoms with Crippen LogP contribution in [0.3, 0.4) is 0 Å². The van der Waals surface area contributed by atoms with Crippen LogP contribution >= 0.6 is 0 Å². The molecule has 0 unspecified atom stereocenters. The molecule has 0 aliphatic heterocycles. The first kappa shape index (κ1) is 10.1. The largest absolute Gasteiger partial charge is 1.00 e. The van der Waals surface area contributed by atoms with Crippen molar-refractivity contribution in [1.29, 1.82) is 0 Å². The molecule has 7 heavy (non-hydrogen) atoms. The van der Waals surface area contributed by atoms with Gasteiger partial charge in [0.25, 0.3) is 0 Å². The van der Waals surface area contributed by atoms with Crippen LogP contribution in [0.1, 0.15) is 1.43 Å². The summed E-state index contributed by atoms with van der Waals surface area (Å²) in [6.07, 6.45) is 3.36. The van der Waals surface area contributed by atoms with Gasteiger partial charge >= 0.3 is 29.6 Å². The molecule has 0 aromatic rings. The predicted octanol–water partition coefficient (Wildman–Crippen LogP) is -2.94. The van der Waals surface area contributed by atoms with Crippen molar-refractivity contribution >= 4 is 12.6 Å². The summed E-state index contributed by atoms with van der Waals surface area (Å²) < 4.78 is 0. The van der Waals surface area contributed by atoms with Crippen molar-refractivity contribution in [3.05, 3.63) is 12.2 Å². The van der Waals surface area contributed by atoms with Gasteiger partial charge in [0.05, 0.1) is 0 Å². The number of carbonyl (C=O) groups excluding carboxylic acids is 2. The van der Waals surface area contributed by atoms with Crippen LogP contribution in [0.2, 0.25) is 0 Å². The van der Waals surface area contributed by atoms with Crippen molar-refractivity contribution in [3.63, 3.8) is 0 Å². The number of aldehydes is 2. The molecule has 0 spiro atoms. The van der Waals surface area contributed by atoms with Gasteiger partial charge in [-0.3, -0.25) is 9.59 Å². The normalized spacial score (nSPS) is 7.43. The molecular formula is C4H5NaO2. The number of hydrogen-bond donors (Lipinski definition) is 0. The van der Waals surface area contributed by atoms with Gasteiger partial charge in [0.1, 0.15) is 12.6 Å². The van der Waals surface area contributed by atoms with Gasteiger partial charge in [-0.2, -0.15) is 0 Å². The first-order valence-corrected chi connectivity index (χ1v) is 1.47. The Bertz CT molecular complexity index is 72.1. The number of hydrogen-bond acceptors (Lipinski definition) is 2. The quantitative estimate of drug-likeness (QED) is 0.215. The Morgan fingerprint density at radius 1 is 1.00 bits per heavy atom. The Kier molecular flexibility index (Phi) is 13.7. The van der Waals surface area contributed by atoms with Crippen LogP contribution in [0.25, 0.3) is 0 Å². The molecule has 0 bridgehead atoms. The molecule has 0 radical (unpaired) electrons. The minimum absolute atomic E-state index is 0. The molecule has 0 aromatic carbocycles. The van der Waals surface area contributed by atoms with Gasteiger partial charge in [0.15, 0.2) is 0 Å². The van der Waals surface area contributed by atoms with E-state index < -0.39 is 0 Å². The molecule has 0 rings (SSSR count). The van der Waals surface area contributed by atoms with E-state index in [0.717, 1.165) is 12.2 Å². The summed E-state index contributed by atoms with van der Waals surface area (Å²) in [5.74, 6) is 0. The third-order valence-electron chi connectivity index (χ3n) is 0.268. The van der Waals surface area contributed by atoms with Gasteiger partial charge in [-0.05, 0) is 12.2 Å². The molecule has 0 aromatic heterocycles. The van der Waals surface area contributed by atoms with E-state index in [-0.39, 0.29) is 31.0 Å². The molecule has 3 heteroatoms. The van der Waals surface area contributed by atoms with Crippen molar-refractivity contribution in [1.82, 2.24) is 0 Å². The van der Waals surface area contributed by atoms with Crippen LogP contribution in [-0.4, -0.2) is 12.6 Å². The van der Waals surface area contributed by atoms with Gasteiger partial charge in [0.2, 0.25) is 0 Å². The van der Waals surface area contributed by atoms with Crippen molar-refractivity contribution < 1.29 is 40.6 Å². The minimum atomic E-state index is 0. The van der Waals surface area contributed by atoms with Crippen LogP contribution in [0.5, 0.6) is 0 Å². The molecule has 0 aliphatic rings. The Hall–Kier alpha value is 0.0800. The molecule has 0 saturated carbocycles. The molecular weight excluding hydrogens is 103 g/mol. The van der Waals surface area contributed by atoms with Crippen LogP contribution in [0.4, 0.5) is 0 Å². The van der Waals surface area contributed by atoms with E-state index in [0.29, 0.717) is 12.6 Å². The summed E-state index contributed by atoms with van der Waals surface area (Å²) in [4.78, 5) is 18.6. The Morgan fingerprint density at radius 2 is 1.29 bits per heavy atom. The van der Waals surface area contributed by atoms with Gasteiger partial charge < -0.3 is 1.43 Å². The molecule has 2 nitrogen and oxygen atoms in total. The van der Waals surface area contributed by atoms with Crippen molar-refractivity contribution in [2.24, 2.45) is 0 Å². The van der Waals surface area contributed by atoms with Gasteiger partial charge in [-0.1, -0.05) is 0 Å². The average Bonchev–Trinajstić information content (AvgIpc) is 1.61. The van der Waals surface area contributed by atoms with Crippen LogP contribution in [-0.2, 0) is 9.59 Å². The van der Waals surface area contributed by atoms with E-state index in [2.05, 4.69) is 0 Å². The first-order valence-electron chi connectivity index (χ1n) is 1.47. The summed E-state index contributed by atoms with van der Waals surface area (Å²) in [5, 5.41) is 0. The second-order valence-corrected chi connectivity index (χ2v) is 0.657. The van der Waals surface area contributed by atoms with E-state index in [1.165, 1.54) is 0 Å². The van der Waals surface area contributed by atoms with E-state index in [9.17, 15) is 9.59 Å². The maximum atomic E-state index is 9.32. The SMILES string of the molecule is O=C/C=C\C=O.[H-].[Na+]. The summed E-state index contributed by atoms with van der Waals surface area (Å²) in [6, 6.07) is 0. The average molecular weight is 108 g/mol. The third-order valence-corrected chi connectivity index (χ3v) is 0.268. The third kappa shape index (κ3) is 10.7. The molecule has 0 saturated heterocycles. The van der Waals surface area contributed by atoms with Crippen molar-refractivity contribution in [2.45, 2.75) is 0 Å². The Balaban J connectivity index is -0.000000125. The molecule has 34 valence electrons. The smallest absolute Gasteiger partial charge is 1.00 e. The van der Waals surface area contributed by atoms with E-state index in [1.54, 1.807) is 0 Å². The number of rotatable bonds is 2. The predicted molar refractivity (Wildman–Crippen MR) is 22.4 cm³/mol. The zero-order valence-electron chi connectivity index (χ0n) is 5.13. The summed E-state index contributed by atoms with van der Waals surface area (Å²) in [6.45, 7) is 0. The van der Waals surface area contributed by atoms with E-state index in [4.69, 9.17) is 0 Å². The molecule has 0 atom stereocenters. The topological polar surface area (TPSA) is 34.1 Å². The molecule has 0 amide bonds. The number of allylic oxidation sites excluding steroid dienone is 2. The first-order chi connectivity index (χ1) is 2.91. The maximum Gasteiger partial charge on any atom is 1.00 e. The Labute approximate surface area is 65.4 Å². The Morgan fingerprint density at radius 3 is 1.43 bits per heavy atom. The summed E-state index contributed by atoms with van der Waals surface area (Å²) in [5.41, 5.74) is 0.